The van der Waals surface area contributed by atoms with E-state index in [4.69, 9.17) is 0 Å². The fourth-order valence-electron chi connectivity index (χ4n) is 4.25. The van der Waals surface area contributed by atoms with Gasteiger partial charge in [0.15, 0.2) is 0 Å². The Bertz CT molecular complexity index is 470. The molecule has 2 unspecified atom stereocenters. The van der Waals surface area contributed by atoms with Crippen molar-refractivity contribution >= 4 is 0 Å². The highest BCUT2D eigenvalue weighted by Crippen LogP contribution is 2.31. The predicted octanol–water partition coefficient (Wildman–Crippen LogP) is 3.80. The van der Waals surface area contributed by atoms with Crippen molar-refractivity contribution in [2.75, 3.05) is 6.54 Å². The Kier molecular flexibility index (Phi) is 4.66. The maximum atomic E-state index is 3.77. The Hall–Kier alpha value is -0.860. The van der Waals surface area contributed by atoms with Gasteiger partial charge in [-0.15, -0.1) is 0 Å². The lowest BCUT2D eigenvalue weighted by atomic mass is 9.96. The quantitative estimate of drug-likeness (QED) is 0.885. The van der Waals surface area contributed by atoms with E-state index in [-0.39, 0.29) is 0 Å². The van der Waals surface area contributed by atoms with Gasteiger partial charge in [0.2, 0.25) is 0 Å². The van der Waals surface area contributed by atoms with E-state index in [9.17, 15) is 0 Å². The first-order valence-corrected chi connectivity index (χ1v) is 8.72. The zero-order valence-corrected chi connectivity index (χ0v) is 13.9. The van der Waals surface area contributed by atoms with Crippen molar-refractivity contribution in [3.8, 4) is 0 Å². The highest BCUT2D eigenvalue weighted by Gasteiger charge is 2.35. The molecule has 2 saturated heterocycles. The molecule has 2 fully saturated rings. The second-order valence-electron chi connectivity index (χ2n) is 7.16. The Balaban J connectivity index is 1.72. The van der Waals surface area contributed by atoms with Gasteiger partial charge in [0, 0.05) is 24.7 Å². The molecule has 2 heterocycles. The normalized spacial score (nSPS) is 28.3. The van der Waals surface area contributed by atoms with Crippen molar-refractivity contribution < 1.29 is 0 Å². The molecule has 2 aliphatic heterocycles. The van der Waals surface area contributed by atoms with Gasteiger partial charge in [-0.3, -0.25) is 4.90 Å². The number of aryl methyl sites for hydroxylation is 2. The summed E-state index contributed by atoms with van der Waals surface area (Å²) in [5.74, 6) is 0. The lowest BCUT2D eigenvalue weighted by molar-refractivity contribution is 0.133. The number of nitrogens with zero attached hydrogens (tertiary/aromatic N) is 1. The predicted molar refractivity (Wildman–Crippen MR) is 89.6 cm³/mol. The van der Waals surface area contributed by atoms with Gasteiger partial charge in [-0.05, 0) is 63.6 Å². The average molecular weight is 286 g/mol. The number of benzene rings is 1. The van der Waals surface area contributed by atoms with Crippen LogP contribution in [-0.2, 0) is 6.54 Å². The van der Waals surface area contributed by atoms with E-state index in [1.807, 2.05) is 0 Å². The molecule has 1 N–H and O–H groups in total. The summed E-state index contributed by atoms with van der Waals surface area (Å²) < 4.78 is 0. The van der Waals surface area contributed by atoms with Crippen LogP contribution in [0.2, 0.25) is 0 Å². The van der Waals surface area contributed by atoms with E-state index in [1.54, 1.807) is 0 Å². The van der Waals surface area contributed by atoms with E-state index < -0.39 is 0 Å². The first-order chi connectivity index (χ1) is 10.2. The minimum atomic E-state index is 0.782. The van der Waals surface area contributed by atoms with Gasteiger partial charge in [-0.1, -0.05) is 30.7 Å². The Morgan fingerprint density at radius 2 is 1.86 bits per heavy atom. The number of piperidine rings is 1. The van der Waals surface area contributed by atoms with Gasteiger partial charge in [0.1, 0.15) is 0 Å². The van der Waals surface area contributed by atoms with Crippen LogP contribution in [0.5, 0.6) is 0 Å². The van der Waals surface area contributed by atoms with Crippen LogP contribution in [0.25, 0.3) is 0 Å². The summed E-state index contributed by atoms with van der Waals surface area (Å²) in [6.45, 7) is 9.12. The summed E-state index contributed by atoms with van der Waals surface area (Å²) >= 11 is 0. The molecular weight excluding hydrogens is 256 g/mol. The standard InChI is InChI=1S/C19H30N2/c1-4-9-21(13-16-6-5-14(2)10-15(16)3)19-11-17-7-8-18(12-19)20-17/h5-6,10,17-20H,4,7-9,11-13H2,1-3H3. The first kappa shape index (κ1) is 15.1. The molecule has 0 radical (unpaired) electrons. The molecule has 1 aromatic rings. The van der Waals surface area contributed by atoms with Crippen LogP contribution < -0.4 is 5.32 Å². The minimum absolute atomic E-state index is 0.782. The Labute approximate surface area is 129 Å². The molecular formula is C19H30N2. The van der Waals surface area contributed by atoms with Crippen LogP contribution in [0.15, 0.2) is 18.2 Å². The first-order valence-electron chi connectivity index (χ1n) is 8.72. The number of nitrogens with one attached hydrogen (secondary N) is 1. The number of fused-ring (bicyclic) bond motifs is 2. The van der Waals surface area contributed by atoms with Crippen molar-refractivity contribution in [3.63, 3.8) is 0 Å². The van der Waals surface area contributed by atoms with Crippen molar-refractivity contribution in [2.45, 2.75) is 77.5 Å². The maximum absolute atomic E-state index is 3.77. The highest BCUT2D eigenvalue weighted by atomic mass is 15.2. The van der Waals surface area contributed by atoms with Crippen LogP contribution in [0, 0.1) is 13.8 Å². The minimum Gasteiger partial charge on any atom is -0.311 e. The van der Waals surface area contributed by atoms with Gasteiger partial charge >= 0.3 is 0 Å². The molecule has 2 nitrogen and oxygen atoms in total. The van der Waals surface area contributed by atoms with Gasteiger partial charge in [-0.25, -0.2) is 0 Å². The molecule has 3 rings (SSSR count). The van der Waals surface area contributed by atoms with E-state index >= 15 is 0 Å². The Morgan fingerprint density at radius 1 is 1.14 bits per heavy atom. The summed E-state index contributed by atoms with van der Waals surface area (Å²) in [4.78, 5) is 2.75. The molecule has 2 atom stereocenters. The average Bonchev–Trinajstić information content (AvgIpc) is 2.79. The molecule has 1 aromatic carbocycles. The van der Waals surface area contributed by atoms with Crippen molar-refractivity contribution in [1.82, 2.24) is 10.2 Å². The van der Waals surface area contributed by atoms with Gasteiger partial charge < -0.3 is 5.32 Å². The number of hydrogen-bond acceptors (Lipinski definition) is 2. The van der Waals surface area contributed by atoms with Crippen LogP contribution in [0.1, 0.15) is 55.7 Å². The molecule has 2 aliphatic rings. The highest BCUT2D eigenvalue weighted by molar-refractivity contribution is 5.30. The van der Waals surface area contributed by atoms with Crippen molar-refractivity contribution in [1.29, 1.82) is 0 Å². The lowest BCUT2D eigenvalue weighted by Crippen LogP contribution is -2.48. The SMILES string of the molecule is CCCN(Cc1ccc(C)cc1C)C1CC2CCC(C1)N2. The molecule has 2 bridgehead atoms. The molecule has 0 aromatic heterocycles. The summed E-state index contributed by atoms with van der Waals surface area (Å²) in [6.07, 6.45) is 6.74. The zero-order chi connectivity index (χ0) is 14.8. The summed E-state index contributed by atoms with van der Waals surface area (Å²) in [7, 11) is 0. The van der Waals surface area contributed by atoms with Crippen LogP contribution in [0.3, 0.4) is 0 Å². The molecule has 0 aliphatic carbocycles. The van der Waals surface area contributed by atoms with Gasteiger partial charge in [0.05, 0.1) is 0 Å². The fourth-order valence-corrected chi connectivity index (χ4v) is 4.25. The zero-order valence-electron chi connectivity index (χ0n) is 13.9. The number of rotatable bonds is 5. The maximum Gasteiger partial charge on any atom is 0.0239 e. The van der Waals surface area contributed by atoms with E-state index in [0.29, 0.717) is 0 Å². The summed E-state index contributed by atoms with van der Waals surface area (Å²) in [6, 6.07) is 9.27. The second-order valence-corrected chi connectivity index (χ2v) is 7.16. The van der Waals surface area contributed by atoms with Crippen LogP contribution in [0.4, 0.5) is 0 Å². The lowest BCUT2D eigenvalue weighted by Gasteiger charge is -2.38. The van der Waals surface area contributed by atoms with Gasteiger partial charge in [0.25, 0.3) is 0 Å². The molecule has 0 spiro atoms. The Morgan fingerprint density at radius 3 is 2.48 bits per heavy atom. The van der Waals surface area contributed by atoms with E-state index in [1.165, 1.54) is 55.3 Å². The molecule has 116 valence electrons. The topological polar surface area (TPSA) is 15.3 Å². The second kappa shape index (κ2) is 6.50. The summed E-state index contributed by atoms with van der Waals surface area (Å²) in [5, 5.41) is 3.77. The van der Waals surface area contributed by atoms with Gasteiger partial charge in [-0.2, -0.15) is 0 Å². The molecule has 0 amide bonds. The van der Waals surface area contributed by atoms with Crippen LogP contribution >= 0.6 is 0 Å². The number of hydrogen-bond donors (Lipinski definition) is 1. The van der Waals surface area contributed by atoms with Crippen LogP contribution in [-0.4, -0.2) is 29.6 Å². The summed E-state index contributed by atoms with van der Waals surface area (Å²) in [5.41, 5.74) is 4.34. The van der Waals surface area contributed by atoms with E-state index in [0.717, 1.165) is 24.7 Å². The fraction of sp³-hybridized carbons (Fsp3) is 0.684. The largest absolute Gasteiger partial charge is 0.311 e. The molecule has 2 heteroatoms. The monoisotopic (exact) mass is 286 g/mol. The third-order valence-electron chi connectivity index (χ3n) is 5.35. The third kappa shape index (κ3) is 3.49. The smallest absolute Gasteiger partial charge is 0.0239 e. The van der Waals surface area contributed by atoms with Crippen molar-refractivity contribution in [2.24, 2.45) is 0 Å². The van der Waals surface area contributed by atoms with Crippen molar-refractivity contribution in [3.05, 3.63) is 34.9 Å². The molecule has 0 saturated carbocycles. The van der Waals surface area contributed by atoms with E-state index in [2.05, 4.69) is 49.2 Å². The molecule has 21 heavy (non-hydrogen) atoms. The third-order valence-corrected chi connectivity index (χ3v) is 5.35.